The molecule has 0 amide bonds. The minimum atomic E-state index is -0.293. The normalized spacial score (nSPS) is 27.9. The summed E-state index contributed by atoms with van der Waals surface area (Å²) in [4.78, 5) is 0. The van der Waals surface area contributed by atoms with E-state index in [1.807, 2.05) is 6.92 Å². The Morgan fingerprint density at radius 1 is 1.26 bits per heavy atom. The van der Waals surface area contributed by atoms with Crippen LogP contribution in [-0.4, -0.2) is 21.7 Å². The highest BCUT2D eigenvalue weighted by Crippen LogP contribution is 2.64. The number of hydrogen-bond donors (Lipinski definition) is 0. The third-order valence-corrected chi connectivity index (χ3v) is 7.36. The summed E-state index contributed by atoms with van der Waals surface area (Å²) < 4.78 is 14.7. The Morgan fingerprint density at radius 3 is 2.56 bits per heavy atom. The lowest BCUT2D eigenvalue weighted by Crippen LogP contribution is -2.32. The first kappa shape index (κ1) is 18.4. The molecule has 0 saturated heterocycles. The highest BCUT2D eigenvalue weighted by atomic mass is 35.5. The van der Waals surface area contributed by atoms with Crippen LogP contribution in [0.4, 0.5) is 4.39 Å². The quantitative estimate of drug-likeness (QED) is 0.500. The average molecular weight is 387 g/mol. The van der Waals surface area contributed by atoms with Crippen molar-refractivity contribution in [1.29, 1.82) is 0 Å². The van der Waals surface area contributed by atoms with Crippen LogP contribution >= 0.6 is 11.6 Å². The maximum absolute atomic E-state index is 13.2. The Kier molecular flexibility index (Phi) is 4.26. The molecular weight excluding hydrogens is 363 g/mol. The molecule has 6 heteroatoms. The largest absolute Gasteiger partial charge is 0.221 e. The summed E-state index contributed by atoms with van der Waals surface area (Å²) in [5.41, 5.74) is 3.80. The summed E-state index contributed by atoms with van der Waals surface area (Å²) in [5, 5.41) is 13.9. The molecule has 1 heterocycles. The molecule has 2 aliphatic rings. The topological polar surface area (TPSA) is 42.5 Å². The number of halogens is 2. The van der Waals surface area contributed by atoms with Gasteiger partial charge in [0.05, 0.1) is 23.2 Å². The molecule has 0 spiro atoms. The lowest BCUT2D eigenvalue weighted by molar-refractivity contribution is 0.194. The first-order valence-corrected chi connectivity index (χ1v) is 9.73. The van der Waals surface area contributed by atoms with Gasteiger partial charge < -0.3 is 0 Å². The summed E-state index contributed by atoms with van der Waals surface area (Å²) in [7, 11) is 0. The van der Waals surface area contributed by atoms with Crippen LogP contribution in [0.2, 0.25) is 5.15 Å². The lowest BCUT2D eigenvalue weighted by atomic mass is 9.70. The van der Waals surface area contributed by atoms with Crippen molar-refractivity contribution < 1.29 is 4.39 Å². The van der Waals surface area contributed by atoms with E-state index in [0.717, 1.165) is 17.7 Å². The van der Waals surface area contributed by atoms with Gasteiger partial charge in [0, 0.05) is 11.1 Å². The van der Waals surface area contributed by atoms with Crippen molar-refractivity contribution >= 4 is 23.5 Å². The Bertz CT molecular complexity index is 942. The highest BCUT2D eigenvalue weighted by molar-refractivity contribution is 6.32. The summed E-state index contributed by atoms with van der Waals surface area (Å²) in [6, 6.07) is 6.07. The van der Waals surface area contributed by atoms with Crippen LogP contribution in [0.3, 0.4) is 0 Å². The van der Waals surface area contributed by atoms with Crippen molar-refractivity contribution in [2.45, 2.75) is 47.0 Å². The molecule has 2 atom stereocenters. The predicted octanol–water partition coefficient (Wildman–Crippen LogP) is 5.59. The van der Waals surface area contributed by atoms with Gasteiger partial charge >= 0.3 is 0 Å². The fourth-order valence-corrected chi connectivity index (χ4v) is 4.97. The zero-order valence-electron chi connectivity index (χ0n) is 16.1. The third kappa shape index (κ3) is 2.75. The van der Waals surface area contributed by atoms with Gasteiger partial charge in [-0.1, -0.05) is 32.4 Å². The van der Waals surface area contributed by atoms with E-state index in [9.17, 15) is 4.39 Å². The van der Waals surface area contributed by atoms with Crippen molar-refractivity contribution in [3.63, 3.8) is 0 Å². The number of rotatable bonds is 3. The van der Waals surface area contributed by atoms with E-state index in [2.05, 4.69) is 36.1 Å². The van der Waals surface area contributed by atoms with Crippen molar-refractivity contribution in [3.8, 4) is 5.69 Å². The molecule has 2 saturated carbocycles. The van der Waals surface area contributed by atoms with Crippen LogP contribution in [0, 0.1) is 29.5 Å². The van der Waals surface area contributed by atoms with Crippen LogP contribution < -0.4 is 0 Å². The summed E-state index contributed by atoms with van der Waals surface area (Å²) in [6.45, 7) is 8.90. The molecule has 0 aliphatic heterocycles. The molecule has 0 radical (unpaired) electrons. The maximum Gasteiger partial charge on any atom is 0.142 e. The van der Waals surface area contributed by atoms with Crippen molar-refractivity contribution in [2.24, 2.45) is 27.0 Å². The van der Waals surface area contributed by atoms with Gasteiger partial charge in [-0.05, 0) is 61.8 Å². The van der Waals surface area contributed by atoms with Gasteiger partial charge in [0.15, 0.2) is 0 Å². The van der Waals surface area contributed by atoms with E-state index in [0.29, 0.717) is 16.8 Å². The van der Waals surface area contributed by atoms with Gasteiger partial charge in [-0.15, -0.1) is 0 Å². The van der Waals surface area contributed by atoms with Crippen LogP contribution in [0.5, 0.6) is 0 Å². The molecule has 4 rings (SSSR count). The molecular formula is C21H24ClFN4. The molecule has 0 unspecified atom stereocenters. The molecule has 1 aromatic carbocycles. The maximum atomic E-state index is 13.2. The van der Waals surface area contributed by atoms with E-state index in [1.165, 1.54) is 30.7 Å². The Hall–Kier alpha value is -2.01. The second kappa shape index (κ2) is 6.26. The van der Waals surface area contributed by atoms with E-state index in [4.69, 9.17) is 11.6 Å². The molecule has 27 heavy (non-hydrogen) atoms. The van der Waals surface area contributed by atoms with E-state index in [-0.39, 0.29) is 16.6 Å². The van der Waals surface area contributed by atoms with Gasteiger partial charge in [0.1, 0.15) is 11.0 Å². The minimum Gasteiger partial charge on any atom is -0.221 e. The zero-order valence-corrected chi connectivity index (χ0v) is 16.9. The monoisotopic (exact) mass is 386 g/mol. The van der Waals surface area contributed by atoms with Gasteiger partial charge in [0.25, 0.3) is 0 Å². The van der Waals surface area contributed by atoms with Crippen LogP contribution in [0.25, 0.3) is 5.69 Å². The fraction of sp³-hybridized carbons (Fsp3) is 0.476. The van der Waals surface area contributed by atoms with Crippen LogP contribution in [0.1, 0.15) is 51.3 Å². The third-order valence-electron chi connectivity index (χ3n) is 7.00. The lowest BCUT2D eigenvalue weighted by Gasteiger charge is -2.34. The Morgan fingerprint density at radius 2 is 1.96 bits per heavy atom. The van der Waals surface area contributed by atoms with Crippen LogP contribution in [0.15, 0.2) is 34.5 Å². The van der Waals surface area contributed by atoms with Crippen molar-refractivity contribution in [1.82, 2.24) is 9.78 Å². The Labute approximate surface area is 164 Å². The van der Waals surface area contributed by atoms with E-state index < -0.39 is 0 Å². The van der Waals surface area contributed by atoms with Gasteiger partial charge in [0.2, 0.25) is 0 Å². The van der Waals surface area contributed by atoms with Gasteiger partial charge in [-0.25, -0.2) is 9.07 Å². The van der Waals surface area contributed by atoms with Crippen molar-refractivity contribution in [2.75, 3.05) is 0 Å². The first-order valence-electron chi connectivity index (χ1n) is 9.35. The molecule has 4 nitrogen and oxygen atoms in total. The SMILES string of the molecule is Cc1nn(-c2ccc(F)cc2)c(Cl)c1/C=N\N=C1\C[C@H]2CC[C@@]1(C)C2(C)C. The fourth-order valence-electron chi connectivity index (χ4n) is 4.65. The molecule has 2 bridgehead atoms. The van der Waals surface area contributed by atoms with Crippen molar-refractivity contribution in [3.05, 3.63) is 46.5 Å². The summed E-state index contributed by atoms with van der Waals surface area (Å²) in [5.74, 6) is 0.404. The molecule has 142 valence electrons. The van der Waals surface area contributed by atoms with E-state index in [1.54, 1.807) is 23.0 Å². The molecule has 2 fully saturated rings. The standard InChI is InChI=1S/C21H24ClFN4/c1-13-17(19(22)27(26-13)16-7-5-15(23)6-8-16)12-24-25-18-11-14-9-10-21(18,4)20(14,2)3/h5-8,12,14H,9-11H2,1-4H3/b24-12-,25-18-/t14-,21-/m1/s1. The molecule has 0 N–H and O–H groups in total. The number of fused-ring (bicyclic) bond motifs is 2. The average Bonchev–Trinajstić information content (AvgIpc) is 3.10. The van der Waals surface area contributed by atoms with Crippen LogP contribution in [-0.2, 0) is 0 Å². The number of nitrogens with zero attached hydrogens (tertiary/aromatic N) is 4. The number of hydrogen-bond acceptors (Lipinski definition) is 3. The first-order chi connectivity index (χ1) is 12.7. The highest BCUT2D eigenvalue weighted by Gasteiger charge is 2.59. The zero-order chi connectivity index (χ0) is 19.4. The van der Waals surface area contributed by atoms with E-state index >= 15 is 0 Å². The summed E-state index contributed by atoms with van der Waals surface area (Å²) in [6.07, 6.45) is 5.17. The molecule has 2 aliphatic carbocycles. The molecule has 2 aromatic rings. The second-order valence-corrected chi connectivity index (χ2v) is 8.82. The second-order valence-electron chi connectivity index (χ2n) is 8.46. The minimum absolute atomic E-state index is 0.131. The van der Waals surface area contributed by atoms with Gasteiger partial charge in [-0.2, -0.15) is 15.3 Å². The molecule has 1 aromatic heterocycles. The van der Waals surface area contributed by atoms with Gasteiger partial charge in [-0.3, -0.25) is 0 Å². The number of benzene rings is 1. The summed E-state index contributed by atoms with van der Waals surface area (Å²) >= 11 is 6.50. The Balaban J connectivity index is 1.62. The number of aromatic nitrogens is 2. The predicted molar refractivity (Wildman–Crippen MR) is 108 cm³/mol. The number of aryl methyl sites for hydroxylation is 1. The smallest absolute Gasteiger partial charge is 0.142 e.